The summed E-state index contributed by atoms with van der Waals surface area (Å²) < 4.78 is 29.0. The summed E-state index contributed by atoms with van der Waals surface area (Å²) in [7, 11) is 0. The summed E-state index contributed by atoms with van der Waals surface area (Å²) in [5.74, 6) is -0.246. The van der Waals surface area contributed by atoms with Crippen LogP contribution in [0.3, 0.4) is 0 Å². The summed E-state index contributed by atoms with van der Waals surface area (Å²) in [6.07, 6.45) is -2.48. The highest BCUT2D eigenvalue weighted by Gasteiger charge is 2.48. The van der Waals surface area contributed by atoms with E-state index >= 15 is 0 Å². The second-order valence-electron chi connectivity index (χ2n) is 5.77. The minimum atomic E-state index is -2.48. The zero-order valence-corrected chi connectivity index (χ0v) is 13.1. The molecule has 0 aromatic heterocycles. The van der Waals surface area contributed by atoms with Crippen LogP contribution in [0.2, 0.25) is 0 Å². The van der Waals surface area contributed by atoms with Crippen LogP contribution < -0.4 is 4.90 Å². The molecule has 2 aliphatic rings. The van der Waals surface area contributed by atoms with Crippen molar-refractivity contribution in [1.29, 1.82) is 0 Å². The third-order valence-corrected chi connectivity index (χ3v) is 4.22. The van der Waals surface area contributed by atoms with Gasteiger partial charge in [-0.1, -0.05) is 18.2 Å². The molecule has 0 bridgehead atoms. The molecule has 1 aromatic rings. The predicted octanol–water partition coefficient (Wildman–Crippen LogP) is 1.42. The molecule has 0 saturated carbocycles. The van der Waals surface area contributed by atoms with E-state index in [2.05, 4.69) is 0 Å². The first-order valence-corrected chi connectivity index (χ1v) is 7.86. The number of alkyl halides is 2. The largest absolute Gasteiger partial charge is 0.374 e. The summed E-state index contributed by atoms with van der Waals surface area (Å²) in [5, 5.41) is 0. The van der Waals surface area contributed by atoms with Crippen molar-refractivity contribution in [3.63, 3.8) is 0 Å². The molecule has 3 amide bonds. The number of urea groups is 1. The number of carbonyl (C=O) groups is 2. The van der Waals surface area contributed by atoms with Gasteiger partial charge in [-0.15, -0.1) is 0 Å². The Balaban J connectivity index is 1.60. The number of piperazine rings is 1. The molecule has 2 heterocycles. The molecule has 6 nitrogen and oxygen atoms in total. The first-order chi connectivity index (χ1) is 11.6. The zero-order chi connectivity index (χ0) is 17.1. The van der Waals surface area contributed by atoms with Crippen molar-refractivity contribution in [3.05, 3.63) is 30.3 Å². The summed E-state index contributed by atoms with van der Waals surface area (Å²) in [4.78, 5) is 29.9. The quantitative estimate of drug-likeness (QED) is 0.581. The van der Waals surface area contributed by atoms with Crippen LogP contribution in [0.15, 0.2) is 30.3 Å². The van der Waals surface area contributed by atoms with Gasteiger partial charge in [-0.25, -0.2) is 18.5 Å². The Kier molecular flexibility index (Phi) is 5.06. The summed E-state index contributed by atoms with van der Waals surface area (Å²) in [5.41, 5.74) is 0.564. The van der Waals surface area contributed by atoms with Gasteiger partial charge in [-0.3, -0.25) is 9.69 Å². The van der Waals surface area contributed by atoms with Crippen molar-refractivity contribution < 1.29 is 23.1 Å². The molecule has 8 heteroatoms. The molecular weight excluding hydrogens is 320 g/mol. The van der Waals surface area contributed by atoms with Crippen LogP contribution in [0.25, 0.3) is 0 Å². The van der Waals surface area contributed by atoms with Gasteiger partial charge in [0.05, 0.1) is 12.3 Å². The maximum atomic E-state index is 12.6. The fourth-order valence-corrected chi connectivity index (χ4v) is 3.04. The fraction of sp³-hybridized carbons (Fsp3) is 0.500. The van der Waals surface area contributed by atoms with E-state index in [1.54, 1.807) is 29.2 Å². The number of para-hydroxylation sites is 1. The van der Waals surface area contributed by atoms with Crippen molar-refractivity contribution in [2.45, 2.75) is 12.5 Å². The van der Waals surface area contributed by atoms with E-state index in [1.807, 2.05) is 11.0 Å². The van der Waals surface area contributed by atoms with Crippen molar-refractivity contribution in [2.75, 3.05) is 44.3 Å². The van der Waals surface area contributed by atoms with Crippen LogP contribution in [0.4, 0.5) is 19.3 Å². The molecule has 1 aromatic carbocycles. The zero-order valence-electron chi connectivity index (χ0n) is 13.1. The molecule has 2 fully saturated rings. The number of ether oxygens (including phenoxy) is 1. The number of fused-ring (bicyclic) bond motifs is 1. The van der Waals surface area contributed by atoms with Crippen molar-refractivity contribution in [2.24, 2.45) is 0 Å². The van der Waals surface area contributed by atoms with Gasteiger partial charge in [-0.2, -0.15) is 0 Å². The lowest BCUT2D eigenvalue weighted by molar-refractivity contribution is -0.121. The lowest BCUT2D eigenvalue weighted by atomic mass is 10.2. The van der Waals surface area contributed by atoms with Crippen LogP contribution in [0.1, 0.15) is 0 Å². The van der Waals surface area contributed by atoms with Gasteiger partial charge in [0.2, 0.25) is 0 Å². The minimum Gasteiger partial charge on any atom is -0.374 e. The maximum absolute atomic E-state index is 12.6. The number of nitrogens with zero attached hydrogens (tertiary/aromatic N) is 3. The van der Waals surface area contributed by atoms with Crippen molar-refractivity contribution in [1.82, 2.24) is 9.80 Å². The van der Waals surface area contributed by atoms with Gasteiger partial charge in [0.15, 0.2) is 0 Å². The molecule has 3 rings (SSSR count). The summed E-state index contributed by atoms with van der Waals surface area (Å²) >= 11 is 0. The van der Waals surface area contributed by atoms with E-state index < -0.39 is 19.1 Å². The normalized spacial score (nSPS) is 21.7. The van der Waals surface area contributed by atoms with Crippen LogP contribution in [0.5, 0.6) is 0 Å². The van der Waals surface area contributed by atoms with Gasteiger partial charge in [0, 0.05) is 26.2 Å². The number of carbonyl (C=O) groups excluding carboxylic acids is 2. The molecule has 1 atom stereocenters. The second kappa shape index (κ2) is 7.23. The van der Waals surface area contributed by atoms with Gasteiger partial charge in [0.25, 0.3) is 12.3 Å². The number of anilines is 1. The predicted molar refractivity (Wildman–Crippen MR) is 83.1 cm³/mol. The lowest BCUT2D eigenvalue weighted by Crippen LogP contribution is -2.53. The Morgan fingerprint density at radius 1 is 1.17 bits per heavy atom. The van der Waals surface area contributed by atoms with E-state index in [4.69, 9.17) is 4.74 Å². The topological polar surface area (TPSA) is 53.1 Å². The Morgan fingerprint density at radius 2 is 1.92 bits per heavy atom. The maximum Gasteiger partial charge on any atom is 0.332 e. The van der Waals surface area contributed by atoms with E-state index in [-0.39, 0.29) is 18.5 Å². The number of benzene rings is 1. The van der Waals surface area contributed by atoms with Crippen molar-refractivity contribution >= 4 is 17.6 Å². The standard InChI is InChI=1S/C16H19F2N3O3/c17-14(18)11-24-9-8-19-6-7-20-13(10-19)15(22)21(16(20)23)12-4-2-1-3-5-12/h1-5,13-14H,6-11H2/t13-/m1/s1. The lowest BCUT2D eigenvalue weighted by Gasteiger charge is -2.35. The van der Waals surface area contributed by atoms with Gasteiger partial charge >= 0.3 is 6.03 Å². The first-order valence-electron chi connectivity index (χ1n) is 7.86. The van der Waals surface area contributed by atoms with Gasteiger partial charge in [-0.05, 0) is 12.1 Å². The highest BCUT2D eigenvalue weighted by atomic mass is 19.3. The Hall–Kier alpha value is -2.06. The van der Waals surface area contributed by atoms with E-state index in [0.717, 1.165) is 0 Å². The van der Waals surface area contributed by atoms with Gasteiger partial charge < -0.3 is 9.64 Å². The molecule has 0 aliphatic carbocycles. The van der Waals surface area contributed by atoms with Crippen LogP contribution in [-0.4, -0.2) is 73.6 Å². The molecule has 0 unspecified atom stereocenters. The molecule has 0 N–H and O–H groups in total. The fourth-order valence-electron chi connectivity index (χ4n) is 3.04. The summed E-state index contributed by atoms with van der Waals surface area (Å²) in [6, 6.07) is 8.00. The molecule has 0 spiro atoms. The number of rotatable bonds is 6. The SMILES string of the molecule is O=C1[C@H]2CN(CCOCC(F)F)CCN2C(=O)N1c1ccccc1. The number of hydrogen-bond acceptors (Lipinski definition) is 4. The van der Waals surface area contributed by atoms with E-state index in [9.17, 15) is 18.4 Å². The van der Waals surface area contributed by atoms with E-state index in [0.29, 0.717) is 31.9 Å². The first kappa shape index (κ1) is 16.8. The molecule has 2 saturated heterocycles. The third kappa shape index (κ3) is 3.39. The molecular formula is C16H19F2N3O3. The molecule has 130 valence electrons. The van der Waals surface area contributed by atoms with E-state index in [1.165, 1.54) is 4.90 Å². The minimum absolute atomic E-state index is 0.182. The van der Waals surface area contributed by atoms with Crippen LogP contribution in [-0.2, 0) is 9.53 Å². The smallest absolute Gasteiger partial charge is 0.332 e. The number of halogens is 2. The Morgan fingerprint density at radius 3 is 2.62 bits per heavy atom. The molecule has 0 radical (unpaired) electrons. The number of hydrogen-bond donors (Lipinski definition) is 0. The second-order valence-corrected chi connectivity index (χ2v) is 5.77. The number of amides is 3. The molecule has 24 heavy (non-hydrogen) atoms. The highest BCUT2D eigenvalue weighted by molar-refractivity contribution is 6.21. The Labute approximate surface area is 138 Å². The third-order valence-electron chi connectivity index (χ3n) is 4.22. The van der Waals surface area contributed by atoms with Crippen LogP contribution in [0, 0.1) is 0 Å². The summed E-state index contributed by atoms with van der Waals surface area (Å²) in [6.45, 7) is 1.49. The average molecular weight is 339 g/mol. The monoisotopic (exact) mass is 339 g/mol. The average Bonchev–Trinajstić information content (AvgIpc) is 2.83. The molecule has 2 aliphatic heterocycles. The number of imide groups is 1. The van der Waals surface area contributed by atoms with Gasteiger partial charge in [0.1, 0.15) is 12.6 Å². The Bertz CT molecular complexity index is 599. The van der Waals surface area contributed by atoms with Crippen molar-refractivity contribution in [3.8, 4) is 0 Å². The highest BCUT2D eigenvalue weighted by Crippen LogP contribution is 2.27. The van der Waals surface area contributed by atoms with Crippen LogP contribution >= 0.6 is 0 Å².